The summed E-state index contributed by atoms with van der Waals surface area (Å²) in [5.41, 5.74) is 1.56. The van der Waals surface area contributed by atoms with Crippen LogP contribution in [0, 0.1) is 12.3 Å². The van der Waals surface area contributed by atoms with Gasteiger partial charge >= 0.3 is 0 Å². The fourth-order valence-corrected chi connectivity index (χ4v) is 4.20. The smallest absolute Gasteiger partial charge is 0.107 e. The van der Waals surface area contributed by atoms with E-state index in [0.717, 1.165) is 25.5 Å². The van der Waals surface area contributed by atoms with Gasteiger partial charge in [-0.3, -0.25) is 4.90 Å². The Balaban J connectivity index is 1.50. The van der Waals surface area contributed by atoms with Crippen LogP contribution < -0.4 is 0 Å². The highest BCUT2D eigenvalue weighted by atomic mass is 32.1. The molecule has 2 fully saturated rings. The van der Waals surface area contributed by atoms with Gasteiger partial charge in [-0.15, -0.1) is 11.3 Å². The first-order valence-electron chi connectivity index (χ1n) is 7.43. The number of rotatable bonds is 4. The number of aromatic nitrogens is 1. The predicted molar refractivity (Wildman–Crippen MR) is 80.0 cm³/mol. The Morgan fingerprint density at radius 3 is 2.95 bits per heavy atom. The van der Waals surface area contributed by atoms with Crippen molar-refractivity contribution in [2.24, 2.45) is 5.41 Å². The summed E-state index contributed by atoms with van der Waals surface area (Å²) in [7, 11) is 1.76. The molecular formula is C15H24N2O2S. The molecular weight excluding hydrogens is 272 g/mol. The Morgan fingerprint density at radius 1 is 1.50 bits per heavy atom. The second-order valence-electron chi connectivity index (χ2n) is 6.25. The molecule has 1 aromatic rings. The van der Waals surface area contributed by atoms with Crippen LogP contribution in [0.4, 0.5) is 0 Å². The number of hydrogen-bond acceptors (Lipinski definition) is 5. The summed E-state index contributed by atoms with van der Waals surface area (Å²) in [6.07, 6.45) is 3.98. The molecule has 0 unspecified atom stereocenters. The molecule has 0 aromatic carbocycles. The molecule has 3 heterocycles. The number of piperidine rings is 1. The zero-order valence-corrected chi connectivity index (χ0v) is 13.2. The van der Waals surface area contributed by atoms with Crippen molar-refractivity contribution in [3.8, 4) is 0 Å². The number of methoxy groups -OCH3 is 1. The summed E-state index contributed by atoms with van der Waals surface area (Å²) in [6, 6.07) is 0. The van der Waals surface area contributed by atoms with Crippen LogP contribution in [0.5, 0.6) is 0 Å². The summed E-state index contributed by atoms with van der Waals surface area (Å²) in [4.78, 5) is 7.10. The lowest BCUT2D eigenvalue weighted by atomic mass is 9.77. The number of aryl methyl sites for hydroxylation is 1. The fraction of sp³-hybridized carbons (Fsp3) is 0.800. The van der Waals surface area contributed by atoms with E-state index in [1.807, 2.05) is 0 Å². The molecule has 0 aliphatic carbocycles. The summed E-state index contributed by atoms with van der Waals surface area (Å²) in [5.74, 6) is 0. The molecule has 0 bridgehead atoms. The Hall–Kier alpha value is -0.490. The van der Waals surface area contributed by atoms with E-state index in [1.54, 1.807) is 18.4 Å². The van der Waals surface area contributed by atoms with E-state index >= 15 is 0 Å². The lowest BCUT2D eigenvalue weighted by Gasteiger charge is -2.38. The van der Waals surface area contributed by atoms with Gasteiger partial charge in [0.1, 0.15) is 5.01 Å². The molecule has 0 N–H and O–H groups in total. The van der Waals surface area contributed by atoms with Crippen molar-refractivity contribution in [2.75, 3.05) is 33.4 Å². The van der Waals surface area contributed by atoms with Gasteiger partial charge in [-0.05, 0) is 44.7 Å². The highest BCUT2D eigenvalue weighted by Gasteiger charge is 2.42. The zero-order valence-electron chi connectivity index (χ0n) is 12.4. The quantitative estimate of drug-likeness (QED) is 0.855. The van der Waals surface area contributed by atoms with Crippen molar-refractivity contribution in [1.29, 1.82) is 0 Å². The molecule has 0 radical (unpaired) electrons. The average molecular weight is 296 g/mol. The van der Waals surface area contributed by atoms with Crippen molar-refractivity contribution < 1.29 is 9.47 Å². The van der Waals surface area contributed by atoms with Gasteiger partial charge in [0.05, 0.1) is 25.9 Å². The molecule has 4 nitrogen and oxygen atoms in total. The van der Waals surface area contributed by atoms with Crippen LogP contribution in [0.25, 0.3) is 0 Å². The Labute approximate surface area is 125 Å². The molecule has 2 aliphatic heterocycles. The summed E-state index contributed by atoms with van der Waals surface area (Å²) in [6.45, 7) is 7.08. The van der Waals surface area contributed by atoms with Crippen molar-refractivity contribution >= 4 is 11.3 Å². The Morgan fingerprint density at radius 2 is 2.30 bits per heavy atom. The zero-order chi connectivity index (χ0) is 14.0. The van der Waals surface area contributed by atoms with Crippen LogP contribution in [-0.4, -0.2) is 49.4 Å². The Bertz CT molecular complexity index is 441. The second kappa shape index (κ2) is 6.10. The van der Waals surface area contributed by atoms with E-state index in [2.05, 4.69) is 22.2 Å². The van der Waals surface area contributed by atoms with Crippen LogP contribution in [0.1, 0.15) is 30.0 Å². The maximum Gasteiger partial charge on any atom is 0.107 e. The average Bonchev–Trinajstić information content (AvgIpc) is 3.01. The van der Waals surface area contributed by atoms with Gasteiger partial charge < -0.3 is 9.47 Å². The first kappa shape index (κ1) is 14.4. The highest BCUT2D eigenvalue weighted by molar-refractivity contribution is 7.09. The summed E-state index contributed by atoms with van der Waals surface area (Å²) in [5, 5.41) is 3.39. The third-order valence-corrected chi connectivity index (χ3v) is 5.53. The maximum absolute atomic E-state index is 5.89. The van der Waals surface area contributed by atoms with E-state index in [1.165, 1.54) is 37.4 Å². The minimum absolute atomic E-state index is 0.313. The van der Waals surface area contributed by atoms with Crippen molar-refractivity contribution in [1.82, 2.24) is 9.88 Å². The number of likely N-dealkylation sites (tertiary alicyclic amines) is 1. The largest absolute Gasteiger partial charge is 0.382 e. The SMILES string of the molecule is COC[C@@H]1CC2(CCN(Cc3nc(C)cs3)CC2)CO1. The molecule has 112 valence electrons. The normalized spacial score (nSPS) is 26.4. The number of thiazole rings is 1. The number of ether oxygens (including phenoxy) is 2. The van der Waals surface area contributed by atoms with Crippen molar-refractivity contribution in [2.45, 2.75) is 38.8 Å². The summed E-state index contributed by atoms with van der Waals surface area (Å²) >= 11 is 1.78. The monoisotopic (exact) mass is 296 g/mol. The third-order valence-electron chi connectivity index (χ3n) is 4.58. The molecule has 1 aromatic heterocycles. The van der Waals surface area contributed by atoms with E-state index in [-0.39, 0.29) is 0 Å². The molecule has 0 amide bonds. The second-order valence-corrected chi connectivity index (χ2v) is 7.19. The summed E-state index contributed by atoms with van der Waals surface area (Å²) < 4.78 is 11.1. The van der Waals surface area contributed by atoms with E-state index in [9.17, 15) is 0 Å². The minimum Gasteiger partial charge on any atom is -0.382 e. The lowest BCUT2D eigenvalue weighted by molar-refractivity contribution is 0.0284. The van der Waals surface area contributed by atoms with Crippen molar-refractivity contribution in [3.63, 3.8) is 0 Å². The first-order chi connectivity index (χ1) is 9.69. The van der Waals surface area contributed by atoms with E-state index < -0.39 is 0 Å². The van der Waals surface area contributed by atoms with Crippen LogP contribution in [0.15, 0.2) is 5.38 Å². The van der Waals surface area contributed by atoms with Crippen molar-refractivity contribution in [3.05, 3.63) is 16.1 Å². The molecule has 2 saturated heterocycles. The molecule has 1 atom stereocenters. The number of hydrogen-bond donors (Lipinski definition) is 0. The van der Waals surface area contributed by atoms with Crippen LogP contribution in [0.2, 0.25) is 0 Å². The lowest BCUT2D eigenvalue weighted by Crippen LogP contribution is -2.40. The van der Waals surface area contributed by atoms with Crippen LogP contribution >= 0.6 is 11.3 Å². The predicted octanol–water partition coefficient (Wildman–Crippen LogP) is 2.47. The van der Waals surface area contributed by atoms with Crippen LogP contribution in [-0.2, 0) is 16.0 Å². The molecule has 3 rings (SSSR count). The fourth-order valence-electron chi connectivity index (χ4n) is 3.39. The minimum atomic E-state index is 0.313. The van der Waals surface area contributed by atoms with Gasteiger partial charge in [-0.25, -0.2) is 4.98 Å². The molecule has 2 aliphatic rings. The van der Waals surface area contributed by atoms with Gasteiger partial charge in [0, 0.05) is 18.2 Å². The molecule has 0 saturated carbocycles. The van der Waals surface area contributed by atoms with Crippen LogP contribution in [0.3, 0.4) is 0 Å². The Kier molecular flexibility index (Phi) is 4.40. The topological polar surface area (TPSA) is 34.6 Å². The third kappa shape index (κ3) is 3.22. The van der Waals surface area contributed by atoms with Gasteiger partial charge in [0.25, 0.3) is 0 Å². The maximum atomic E-state index is 5.89. The van der Waals surface area contributed by atoms with E-state index in [4.69, 9.17) is 9.47 Å². The number of nitrogens with zero attached hydrogens (tertiary/aromatic N) is 2. The van der Waals surface area contributed by atoms with E-state index in [0.29, 0.717) is 11.5 Å². The molecule has 5 heteroatoms. The standard InChI is InChI=1S/C15H24N2O2S/c1-12-10-20-14(16-12)8-17-5-3-15(4-6-17)7-13(9-18-2)19-11-15/h10,13H,3-9,11H2,1-2H3/t13-/m0/s1. The van der Waals surface area contributed by atoms with Gasteiger partial charge in [0.2, 0.25) is 0 Å². The molecule has 1 spiro atoms. The van der Waals surface area contributed by atoms with Gasteiger partial charge in [-0.1, -0.05) is 0 Å². The molecule has 20 heavy (non-hydrogen) atoms. The highest BCUT2D eigenvalue weighted by Crippen LogP contribution is 2.42. The van der Waals surface area contributed by atoms with Gasteiger partial charge in [-0.2, -0.15) is 0 Å². The van der Waals surface area contributed by atoms with Gasteiger partial charge in [0.15, 0.2) is 0 Å². The first-order valence-corrected chi connectivity index (χ1v) is 8.31.